The van der Waals surface area contributed by atoms with E-state index < -0.39 is 0 Å². The minimum absolute atomic E-state index is 0.467. The van der Waals surface area contributed by atoms with Gasteiger partial charge in [-0.05, 0) is 32.4 Å². The zero-order chi connectivity index (χ0) is 8.81. The zero-order valence-corrected chi connectivity index (χ0v) is 7.94. The van der Waals surface area contributed by atoms with Crippen LogP contribution < -0.4 is 5.32 Å². The van der Waals surface area contributed by atoms with Crippen LogP contribution in [0.25, 0.3) is 0 Å². The summed E-state index contributed by atoms with van der Waals surface area (Å²) in [5, 5.41) is 3.31. The summed E-state index contributed by atoms with van der Waals surface area (Å²) in [7, 11) is 0. The summed E-state index contributed by atoms with van der Waals surface area (Å²) in [6.45, 7) is 8.99. The maximum atomic E-state index is 5.70. The molecule has 0 aromatic carbocycles. The summed E-state index contributed by atoms with van der Waals surface area (Å²) in [6.07, 6.45) is 3.80. The van der Waals surface area contributed by atoms with Crippen LogP contribution in [-0.4, -0.2) is 25.8 Å². The van der Waals surface area contributed by atoms with Crippen LogP contribution in [0.2, 0.25) is 0 Å². The number of piperidine rings is 1. The lowest BCUT2D eigenvalue weighted by molar-refractivity contribution is 0.0468. The predicted molar refractivity (Wildman–Crippen MR) is 51.3 cm³/mol. The highest BCUT2D eigenvalue weighted by Gasteiger charge is 2.12. The average molecular weight is 169 g/mol. The van der Waals surface area contributed by atoms with Gasteiger partial charge in [0.2, 0.25) is 0 Å². The summed E-state index contributed by atoms with van der Waals surface area (Å²) >= 11 is 0. The SMILES string of the molecule is C=C(CC)COC1CCNCC1. The van der Waals surface area contributed by atoms with Gasteiger partial charge in [0.1, 0.15) is 0 Å². The van der Waals surface area contributed by atoms with E-state index in [2.05, 4.69) is 18.8 Å². The van der Waals surface area contributed by atoms with Gasteiger partial charge in [-0.25, -0.2) is 0 Å². The maximum absolute atomic E-state index is 5.70. The van der Waals surface area contributed by atoms with E-state index in [1.54, 1.807) is 0 Å². The van der Waals surface area contributed by atoms with E-state index in [4.69, 9.17) is 4.74 Å². The molecule has 1 N–H and O–H groups in total. The van der Waals surface area contributed by atoms with Gasteiger partial charge in [0.25, 0.3) is 0 Å². The molecule has 1 rings (SSSR count). The van der Waals surface area contributed by atoms with Crippen LogP contribution in [0, 0.1) is 0 Å². The molecule has 0 bridgehead atoms. The minimum Gasteiger partial charge on any atom is -0.374 e. The van der Waals surface area contributed by atoms with Gasteiger partial charge in [-0.15, -0.1) is 0 Å². The van der Waals surface area contributed by atoms with Gasteiger partial charge >= 0.3 is 0 Å². The molecule has 0 aromatic heterocycles. The fourth-order valence-electron chi connectivity index (χ4n) is 1.30. The second-order valence-corrected chi connectivity index (χ2v) is 3.36. The van der Waals surface area contributed by atoms with Crippen molar-refractivity contribution in [1.29, 1.82) is 0 Å². The van der Waals surface area contributed by atoms with Crippen molar-refractivity contribution >= 4 is 0 Å². The van der Waals surface area contributed by atoms with E-state index in [1.807, 2.05) is 0 Å². The van der Waals surface area contributed by atoms with Crippen LogP contribution in [0.15, 0.2) is 12.2 Å². The molecule has 2 nitrogen and oxygen atoms in total. The lowest BCUT2D eigenvalue weighted by Gasteiger charge is -2.23. The van der Waals surface area contributed by atoms with E-state index in [-0.39, 0.29) is 0 Å². The number of hydrogen-bond acceptors (Lipinski definition) is 2. The van der Waals surface area contributed by atoms with Crippen LogP contribution in [0.3, 0.4) is 0 Å². The fraction of sp³-hybridized carbons (Fsp3) is 0.800. The molecule has 0 aliphatic carbocycles. The molecule has 1 heterocycles. The molecule has 0 unspecified atom stereocenters. The number of ether oxygens (including phenoxy) is 1. The van der Waals surface area contributed by atoms with Crippen LogP contribution in [0.1, 0.15) is 26.2 Å². The molecule has 12 heavy (non-hydrogen) atoms. The smallest absolute Gasteiger partial charge is 0.0677 e. The predicted octanol–water partition coefficient (Wildman–Crippen LogP) is 1.72. The summed E-state index contributed by atoms with van der Waals surface area (Å²) in [5.41, 5.74) is 1.20. The number of rotatable bonds is 4. The molecule has 70 valence electrons. The highest BCUT2D eigenvalue weighted by molar-refractivity contribution is 4.92. The molecular formula is C10H19NO. The van der Waals surface area contributed by atoms with Gasteiger partial charge in [0.15, 0.2) is 0 Å². The topological polar surface area (TPSA) is 21.3 Å². The van der Waals surface area contributed by atoms with Crippen LogP contribution >= 0.6 is 0 Å². The Hall–Kier alpha value is -0.340. The molecule has 1 aliphatic heterocycles. The molecule has 0 saturated carbocycles. The zero-order valence-electron chi connectivity index (χ0n) is 7.94. The summed E-state index contributed by atoms with van der Waals surface area (Å²) in [5.74, 6) is 0. The molecule has 2 heteroatoms. The average Bonchev–Trinajstić information content (AvgIpc) is 2.16. The van der Waals surface area contributed by atoms with Crippen molar-refractivity contribution in [1.82, 2.24) is 5.32 Å². The first-order valence-electron chi connectivity index (χ1n) is 4.82. The third-order valence-electron chi connectivity index (χ3n) is 2.31. The first kappa shape index (κ1) is 9.75. The Morgan fingerprint density at radius 3 is 2.75 bits per heavy atom. The molecule has 0 radical (unpaired) electrons. The molecular weight excluding hydrogens is 150 g/mol. The van der Waals surface area contributed by atoms with Gasteiger partial charge in [-0.2, -0.15) is 0 Å². The van der Waals surface area contributed by atoms with Gasteiger partial charge < -0.3 is 10.1 Å². The van der Waals surface area contributed by atoms with Crippen LogP contribution in [0.4, 0.5) is 0 Å². The first-order chi connectivity index (χ1) is 5.83. The monoisotopic (exact) mass is 169 g/mol. The molecule has 0 atom stereocenters. The fourth-order valence-corrected chi connectivity index (χ4v) is 1.30. The largest absolute Gasteiger partial charge is 0.374 e. The van der Waals surface area contributed by atoms with Gasteiger partial charge in [-0.1, -0.05) is 19.1 Å². The lowest BCUT2D eigenvalue weighted by atomic mass is 10.1. The third kappa shape index (κ3) is 3.37. The first-order valence-corrected chi connectivity index (χ1v) is 4.82. The van der Waals surface area contributed by atoms with Gasteiger partial charge in [-0.3, -0.25) is 0 Å². The molecule has 1 fully saturated rings. The lowest BCUT2D eigenvalue weighted by Crippen LogP contribution is -2.32. The highest BCUT2D eigenvalue weighted by Crippen LogP contribution is 2.09. The van der Waals surface area contributed by atoms with Crippen molar-refractivity contribution in [3.05, 3.63) is 12.2 Å². The van der Waals surface area contributed by atoms with Crippen molar-refractivity contribution < 1.29 is 4.74 Å². The minimum atomic E-state index is 0.467. The van der Waals surface area contributed by atoms with Crippen molar-refractivity contribution in [2.24, 2.45) is 0 Å². The van der Waals surface area contributed by atoms with E-state index >= 15 is 0 Å². The Bertz CT molecular complexity index is 139. The molecule has 0 aromatic rings. The Labute approximate surface area is 75.0 Å². The highest BCUT2D eigenvalue weighted by atomic mass is 16.5. The van der Waals surface area contributed by atoms with E-state index in [0.717, 1.165) is 39.0 Å². The van der Waals surface area contributed by atoms with Crippen molar-refractivity contribution in [2.75, 3.05) is 19.7 Å². The van der Waals surface area contributed by atoms with Gasteiger partial charge in [0.05, 0.1) is 12.7 Å². The van der Waals surface area contributed by atoms with Gasteiger partial charge in [0, 0.05) is 0 Å². The maximum Gasteiger partial charge on any atom is 0.0677 e. The third-order valence-corrected chi connectivity index (χ3v) is 2.31. The Morgan fingerprint density at radius 2 is 2.17 bits per heavy atom. The van der Waals surface area contributed by atoms with Crippen molar-refractivity contribution in [3.8, 4) is 0 Å². The Morgan fingerprint density at radius 1 is 1.50 bits per heavy atom. The molecule has 0 spiro atoms. The number of nitrogens with one attached hydrogen (secondary N) is 1. The number of hydrogen-bond donors (Lipinski definition) is 1. The second kappa shape index (κ2) is 5.33. The quantitative estimate of drug-likeness (QED) is 0.647. The van der Waals surface area contributed by atoms with E-state index in [9.17, 15) is 0 Å². The van der Waals surface area contributed by atoms with Crippen LogP contribution in [-0.2, 0) is 4.74 Å². The molecule has 0 amide bonds. The standard InChI is InChI=1S/C10H19NO/c1-3-9(2)8-12-10-4-6-11-7-5-10/h10-11H,2-8H2,1H3. The van der Waals surface area contributed by atoms with E-state index in [1.165, 1.54) is 5.57 Å². The molecule has 1 aliphatic rings. The summed E-state index contributed by atoms with van der Waals surface area (Å²) in [4.78, 5) is 0. The summed E-state index contributed by atoms with van der Waals surface area (Å²) in [6, 6.07) is 0. The molecule has 1 saturated heterocycles. The van der Waals surface area contributed by atoms with Crippen LogP contribution in [0.5, 0.6) is 0 Å². The van der Waals surface area contributed by atoms with Crippen molar-refractivity contribution in [2.45, 2.75) is 32.3 Å². The van der Waals surface area contributed by atoms with Crippen molar-refractivity contribution in [3.63, 3.8) is 0 Å². The normalized spacial score (nSPS) is 19.4. The summed E-state index contributed by atoms with van der Waals surface area (Å²) < 4.78 is 5.70. The van der Waals surface area contributed by atoms with E-state index in [0.29, 0.717) is 6.10 Å². The Kier molecular flexibility index (Phi) is 4.33. The second-order valence-electron chi connectivity index (χ2n) is 3.36. The Balaban J connectivity index is 2.09.